The minimum Gasteiger partial charge on any atom is -0.449 e. The highest BCUT2D eigenvalue weighted by Crippen LogP contribution is 2.32. The number of carbonyl (C=O) groups is 2. The van der Waals surface area contributed by atoms with E-state index in [1.807, 2.05) is 31.2 Å². The van der Waals surface area contributed by atoms with E-state index in [0.717, 1.165) is 47.8 Å². The monoisotopic (exact) mass is 354 g/mol. The molecule has 3 rings (SSSR count). The molecule has 1 N–H and O–H groups in total. The Morgan fingerprint density at radius 1 is 1.35 bits per heavy atom. The van der Waals surface area contributed by atoms with E-state index in [2.05, 4.69) is 12.2 Å². The Morgan fingerprint density at radius 2 is 2.12 bits per heavy atom. The first-order valence-corrected chi connectivity index (χ1v) is 9.40. The van der Waals surface area contributed by atoms with Crippen molar-refractivity contribution in [2.75, 3.05) is 6.54 Å². The molecule has 0 bridgehead atoms. The maximum atomic E-state index is 13.0. The molecule has 0 radical (unpaired) electrons. The first kappa shape index (κ1) is 18.4. The van der Waals surface area contributed by atoms with Gasteiger partial charge in [-0.05, 0) is 50.2 Å². The van der Waals surface area contributed by atoms with E-state index in [4.69, 9.17) is 9.72 Å². The Bertz CT molecular complexity index is 831. The third kappa shape index (κ3) is 3.71. The van der Waals surface area contributed by atoms with Crippen molar-refractivity contribution < 1.29 is 14.3 Å². The van der Waals surface area contributed by atoms with Crippen molar-refractivity contribution in [2.45, 2.75) is 52.6 Å². The predicted octanol–water partition coefficient (Wildman–Crippen LogP) is 3.43. The van der Waals surface area contributed by atoms with E-state index in [1.54, 1.807) is 6.92 Å². The fourth-order valence-electron chi connectivity index (χ4n) is 3.46. The van der Waals surface area contributed by atoms with Crippen molar-refractivity contribution >= 4 is 22.8 Å². The minimum atomic E-state index is -0.822. The number of ether oxygens (including phenoxy) is 1. The van der Waals surface area contributed by atoms with Gasteiger partial charge in [0.1, 0.15) is 0 Å². The fraction of sp³-hybridized carbons (Fsp3) is 0.476. The summed E-state index contributed by atoms with van der Waals surface area (Å²) in [5.41, 5.74) is 3.34. The molecule has 1 aromatic carbocycles. The Balaban J connectivity index is 1.96. The first-order valence-electron chi connectivity index (χ1n) is 9.40. The first-order chi connectivity index (χ1) is 12.5. The molecule has 1 aromatic heterocycles. The van der Waals surface area contributed by atoms with Crippen LogP contribution in [-0.2, 0) is 22.4 Å². The molecule has 5 nitrogen and oxygen atoms in total. The lowest BCUT2D eigenvalue weighted by molar-refractivity contribution is -0.129. The molecule has 1 amide bonds. The molecule has 1 aliphatic rings. The van der Waals surface area contributed by atoms with Crippen LogP contribution in [0.3, 0.4) is 0 Å². The van der Waals surface area contributed by atoms with Gasteiger partial charge in [0.05, 0.1) is 11.1 Å². The zero-order valence-corrected chi connectivity index (χ0v) is 15.7. The highest BCUT2D eigenvalue weighted by Gasteiger charge is 2.28. The third-order valence-corrected chi connectivity index (χ3v) is 4.91. The van der Waals surface area contributed by atoms with Crippen molar-refractivity contribution in [3.63, 3.8) is 0 Å². The smallest absolute Gasteiger partial charge is 0.339 e. The Kier molecular flexibility index (Phi) is 5.55. The maximum absolute atomic E-state index is 13.0. The van der Waals surface area contributed by atoms with E-state index >= 15 is 0 Å². The largest absolute Gasteiger partial charge is 0.449 e. The van der Waals surface area contributed by atoms with Crippen LogP contribution in [0, 0.1) is 5.92 Å². The van der Waals surface area contributed by atoms with Crippen LogP contribution in [0.4, 0.5) is 0 Å². The molecule has 0 fully saturated rings. The number of amides is 1. The quantitative estimate of drug-likeness (QED) is 0.835. The number of esters is 1. The highest BCUT2D eigenvalue weighted by molar-refractivity contribution is 6.05. The summed E-state index contributed by atoms with van der Waals surface area (Å²) in [6.07, 6.45) is 2.77. The van der Waals surface area contributed by atoms with Gasteiger partial charge in [-0.1, -0.05) is 32.0 Å². The average Bonchev–Trinajstić information content (AvgIpc) is 2.63. The zero-order valence-electron chi connectivity index (χ0n) is 15.7. The fourth-order valence-corrected chi connectivity index (χ4v) is 3.46. The lowest BCUT2D eigenvalue weighted by atomic mass is 9.84. The lowest BCUT2D eigenvalue weighted by Crippen LogP contribution is -2.36. The van der Waals surface area contributed by atoms with Gasteiger partial charge in [0.25, 0.3) is 5.91 Å². The number of aryl methyl sites for hydroxylation is 1. The van der Waals surface area contributed by atoms with Crippen LogP contribution in [0.15, 0.2) is 24.3 Å². The summed E-state index contributed by atoms with van der Waals surface area (Å²) in [6, 6.07) is 7.64. The number of para-hydroxylation sites is 1. The van der Waals surface area contributed by atoms with Crippen molar-refractivity contribution in [3.05, 3.63) is 41.1 Å². The maximum Gasteiger partial charge on any atom is 0.339 e. The standard InChI is InChI=1S/C21H26N2O3/c1-4-11-22-20(24)14(3)26-21(25)19-15-7-5-6-8-17(15)23-18-10-9-13(2)12-16(18)19/h5-8,13-14H,4,9-12H2,1-3H3,(H,22,24). The van der Waals surface area contributed by atoms with Gasteiger partial charge in [0.15, 0.2) is 6.10 Å². The van der Waals surface area contributed by atoms with E-state index in [1.165, 1.54) is 0 Å². The van der Waals surface area contributed by atoms with Crippen LogP contribution in [0.5, 0.6) is 0 Å². The van der Waals surface area contributed by atoms with Crippen molar-refractivity contribution in [1.29, 1.82) is 0 Å². The number of fused-ring (bicyclic) bond motifs is 2. The number of hydrogen-bond acceptors (Lipinski definition) is 4. The van der Waals surface area contributed by atoms with E-state index in [-0.39, 0.29) is 5.91 Å². The van der Waals surface area contributed by atoms with Gasteiger partial charge < -0.3 is 10.1 Å². The second-order valence-electron chi connectivity index (χ2n) is 7.12. The van der Waals surface area contributed by atoms with E-state index in [9.17, 15) is 9.59 Å². The van der Waals surface area contributed by atoms with Crippen LogP contribution < -0.4 is 5.32 Å². The highest BCUT2D eigenvalue weighted by atomic mass is 16.5. The number of nitrogens with one attached hydrogen (secondary N) is 1. The molecule has 2 atom stereocenters. The van der Waals surface area contributed by atoms with Gasteiger partial charge in [-0.2, -0.15) is 0 Å². The van der Waals surface area contributed by atoms with Crippen molar-refractivity contribution in [3.8, 4) is 0 Å². The van der Waals surface area contributed by atoms with Crippen molar-refractivity contribution in [1.82, 2.24) is 10.3 Å². The summed E-state index contributed by atoms with van der Waals surface area (Å²) >= 11 is 0. The average molecular weight is 354 g/mol. The number of pyridine rings is 1. The molecule has 1 aliphatic carbocycles. The lowest BCUT2D eigenvalue weighted by Gasteiger charge is -2.24. The number of nitrogens with zero attached hydrogens (tertiary/aromatic N) is 1. The molecule has 0 spiro atoms. The summed E-state index contributed by atoms with van der Waals surface area (Å²) in [5, 5.41) is 3.56. The molecule has 5 heteroatoms. The number of benzene rings is 1. The molecule has 1 heterocycles. The third-order valence-electron chi connectivity index (χ3n) is 4.91. The van der Waals surface area contributed by atoms with Crippen LogP contribution in [0.1, 0.15) is 55.2 Å². The molecular weight excluding hydrogens is 328 g/mol. The predicted molar refractivity (Wildman–Crippen MR) is 101 cm³/mol. The van der Waals surface area contributed by atoms with Crippen LogP contribution in [0.25, 0.3) is 10.9 Å². The normalized spacial score (nSPS) is 17.4. The molecule has 0 saturated heterocycles. The molecule has 26 heavy (non-hydrogen) atoms. The number of hydrogen-bond donors (Lipinski definition) is 1. The summed E-state index contributed by atoms with van der Waals surface area (Å²) in [5.74, 6) is -0.198. The van der Waals surface area contributed by atoms with Gasteiger partial charge >= 0.3 is 5.97 Å². The molecule has 0 saturated carbocycles. The summed E-state index contributed by atoms with van der Waals surface area (Å²) in [6.45, 7) is 6.36. The van der Waals surface area contributed by atoms with E-state index < -0.39 is 12.1 Å². The number of carbonyl (C=O) groups excluding carboxylic acids is 2. The Hall–Kier alpha value is -2.43. The van der Waals surface area contributed by atoms with E-state index in [0.29, 0.717) is 18.0 Å². The molecule has 138 valence electrons. The van der Waals surface area contributed by atoms with Gasteiger partial charge in [-0.25, -0.2) is 4.79 Å². The molecular formula is C21H26N2O3. The Labute approximate surface area is 154 Å². The number of rotatable bonds is 5. The second-order valence-corrected chi connectivity index (χ2v) is 7.12. The Morgan fingerprint density at radius 3 is 2.88 bits per heavy atom. The summed E-state index contributed by atoms with van der Waals surface area (Å²) < 4.78 is 5.53. The minimum absolute atomic E-state index is 0.263. The summed E-state index contributed by atoms with van der Waals surface area (Å²) in [4.78, 5) is 29.8. The van der Waals surface area contributed by atoms with Gasteiger partial charge in [0, 0.05) is 17.6 Å². The second kappa shape index (κ2) is 7.85. The molecule has 0 aliphatic heterocycles. The molecule has 2 aromatic rings. The van der Waals surface area contributed by atoms with Crippen molar-refractivity contribution in [2.24, 2.45) is 5.92 Å². The van der Waals surface area contributed by atoms with Crippen LogP contribution in [0.2, 0.25) is 0 Å². The van der Waals surface area contributed by atoms with Crippen LogP contribution in [-0.4, -0.2) is 29.5 Å². The van der Waals surface area contributed by atoms with Gasteiger partial charge in [-0.3, -0.25) is 9.78 Å². The topological polar surface area (TPSA) is 68.3 Å². The van der Waals surface area contributed by atoms with Gasteiger partial charge in [-0.15, -0.1) is 0 Å². The van der Waals surface area contributed by atoms with Gasteiger partial charge in [0.2, 0.25) is 0 Å². The van der Waals surface area contributed by atoms with Crippen LogP contribution >= 0.6 is 0 Å². The summed E-state index contributed by atoms with van der Waals surface area (Å²) in [7, 11) is 0. The number of aromatic nitrogens is 1. The zero-order chi connectivity index (χ0) is 18.7. The molecule has 2 unspecified atom stereocenters. The SMILES string of the molecule is CCCNC(=O)C(C)OC(=O)c1c2c(nc3ccccc13)CCC(C)C2.